The molecule has 2 rings (SSSR count). The van der Waals surface area contributed by atoms with Gasteiger partial charge in [0.15, 0.2) is 8.11 Å². The average molecular weight is 289 g/mol. The number of benzene rings is 2. The molecule has 100 valence electrons. The molecular formula is C17H21ClSi. The van der Waals surface area contributed by atoms with Crippen LogP contribution in [0.2, 0.25) is 5.04 Å². The van der Waals surface area contributed by atoms with E-state index in [0.717, 1.165) is 0 Å². The molecule has 0 aromatic heterocycles. The van der Waals surface area contributed by atoms with Crippen LogP contribution in [-0.2, 0) is 0 Å². The van der Waals surface area contributed by atoms with Crippen LogP contribution >= 0.6 is 11.1 Å². The summed E-state index contributed by atoms with van der Waals surface area (Å²) >= 11 is 6.93. The summed E-state index contributed by atoms with van der Waals surface area (Å²) in [6.45, 7) is 6.78. The molecule has 0 saturated carbocycles. The van der Waals surface area contributed by atoms with Gasteiger partial charge in [-0.2, -0.15) is 11.1 Å². The maximum Gasteiger partial charge on any atom is 0.158 e. The second kappa shape index (κ2) is 5.94. The summed E-state index contributed by atoms with van der Waals surface area (Å²) in [4.78, 5) is 0. The zero-order valence-electron chi connectivity index (χ0n) is 11.8. The van der Waals surface area contributed by atoms with E-state index in [9.17, 15) is 0 Å². The molecule has 0 radical (unpaired) electrons. The summed E-state index contributed by atoms with van der Waals surface area (Å²) < 4.78 is 0. The van der Waals surface area contributed by atoms with Crippen molar-refractivity contribution in [2.45, 2.75) is 31.4 Å². The van der Waals surface area contributed by atoms with Crippen LogP contribution in [-0.4, -0.2) is 8.11 Å². The Morgan fingerprint density at radius 1 is 0.789 bits per heavy atom. The van der Waals surface area contributed by atoms with Crippen molar-refractivity contribution in [2.24, 2.45) is 0 Å². The molecule has 0 heterocycles. The van der Waals surface area contributed by atoms with Gasteiger partial charge in [0.05, 0.1) is 0 Å². The van der Waals surface area contributed by atoms with Gasteiger partial charge in [0.1, 0.15) is 0 Å². The minimum absolute atomic E-state index is 0.192. The SMILES string of the molecule is CC(C)(C)[SiH](Cl)C(c1ccccc1)c1ccccc1. The number of rotatable bonds is 3. The molecule has 0 nitrogen and oxygen atoms in total. The van der Waals surface area contributed by atoms with Gasteiger partial charge in [-0.3, -0.25) is 0 Å². The monoisotopic (exact) mass is 288 g/mol. The predicted octanol–water partition coefficient (Wildman–Crippen LogP) is 5.12. The molecule has 1 unspecified atom stereocenters. The highest BCUT2D eigenvalue weighted by molar-refractivity contribution is 7.09. The third-order valence-electron chi connectivity index (χ3n) is 3.44. The normalized spacial score (nSPS) is 13.5. The van der Waals surface area contributed by atoms with E-state index in [4.69, 9.17) is 11.1 Å². The van der Waals surface area contributed by atoms with Crippen molar-refractivity contribution >= 4 is 19.2 Å². The molecule has 0 amide bonds. The molecule has 0 saturated heterocycles. The van der Waals surface area contributed by atoms with Crippen molar-refractivity contribution in [1.82, 2.24) is 0 Å². The molecule has 0 fully saturated rings. The highest BCUT2D eigenvalue weighted by Gasteiger charge is 2.34. The van der Waals surface area contributed by atoms with E-state index in [0.29, 0.717) is 5.54 Å². The minimum Gasteiger partial charge on any atom is -0.170 e. The van der Waals surface area contributed by atoms with Gasteiger partial charge < -0.3 is 0 Å². The van der Waals surface area contributed by atoms with Crippen molar-refractivity contribution in [3.63, 3.8) is 0 Å². The van der Waals surface area contributed by atoms with Gasteiger partial charge in [-0.25, -0.2) is 0 Å². The highest BCUT2D eigenvalue weighted by atomic mass is 35.6. The largest absolute Gasteiger partial charge is 0.170 e. The number of hydrogen-bond acceptors (Lipinski definition) is 0. The van der Waals surface area contributed by atoms with Gasteiger partial charge in [0, 0.05) is 5.54 Å². The Morgan fingerprint density at radius 2 is 1.16 bits per heavy atom. The standard InChI is InChI=1S/C17H21ClSi/c1-17(2,3)19(18)16(14-10-6-4-7-11-14)15-12-8-5-9-13-15/h4-13,16,19H,1-3H3. The quantitative estimate of drug-likeness (QED) is 0.543. The molecule has 0 aliphatic carbocycles. The predicted molar refractivity (Wildman–Crippen MR) is 87.4 cm³/mol. The third kappa shape index (κ3) is 3.49. The molecule has 2 heteroatoms. The summed E-state index contributed by atoms with van der Waals surface area (Å²) in [5.74, 6) is 0. The fraction of sp³-hybridized carbons (Fsp3) is 0.294. The molecule has 2 aromatic rings. The van der Waals surface area contributed by atoms with Crippen molar-refractivity contribution in [3.8, 4) is 0 Å². The Morgan fingerprint density at radius 3 is 1.47 bits per heavy atom. The second-order valence-corrected chi connectivity index (χ2v) is 10.7. The molecule has 0 N–H and O–H groups in total. The van der Waals surface area contributed by atoms with Crippen LogP contribution in [0.25, 0.3) is 0 Å². The maximum absolute atomic E-state index is 6.93. The topological polar surface area (TPSA) is 0 Å². The van der Waals surface area contributed by atoms with E-state index in [2.05, 4.69) is 81.4 Å². The second-order valence-electron chi connectivity index (χ2n) is 6.07. The van der Waals surface area contributed by atoms with Gasteiger partial charge >= 0.3 is 0 Å². The zero-order valence-corrected chi connectivity index (χ0v) is 13.7. The van der Waals surface area contributed by atoms with Crippen LogP contribution in [0.5, 0.6) is 0 Å². The van der Waals surface area contributed by atoms with Crippen LogP contribution < -0.4 is 0 Å². The first-order valence-electron chi connectivity index (χ1n) is 6.74. The van der Waals surface area contributed by atoms with E-state index >= 15 is 0 Å². The lowest BCUT2D eigenvalue weighted by Gasteiger charge is -2.31. The minimum atomic E-state index is -1.49. The van der Waals surface area contributed by atoms with Gasteiger partial charge in [0.25, 0.3) is 0 Å². The molecule has 1 atom stereocenters. The van der Waals surface area contributed by atoms with Crippen LogP contribution in [0.3, 0.4) is 0 Å². The number of halogens is 1. The van der Waals surface area contributed by atoms with E-state index in [1.165, 1.54) is 11.1 Å². The summed E-state index contributed by atoms with van der Waals surface area (Å²) in [6.07, 6.45) is 0. The molecule has 0 aliphatic heterocycles. The number of hydrogen-bond donors (Lipinski definition) is 0. The Hall–Kier alpha value is -1.05. The van der Waals surface area contributed by atoms with Gasteiger partial charge in [0.2, 0.25) is 0 Å². The first-order valence-corrected chi connectivity index (χ1v) is 9.73. The van der Waals surface area contributed by atoms with E-state index in [1.807, 2.05) is 0 Å². The van der Waals surface area contributed by atoms with Crippen LogP contribution in [0.1, 0.15) is 37.4 Å². The lowest BCUT2D eigenvalue weighted by atomic mass is 10.0. The van der Waals surface area contributed by atoms with Crippen molar-refractivity contribution in [3.05, 3.63) is 71.8 Å². The van der Waals surface area contributed by atoms with E-state index in [-0.39, 0.29) is 5.04 Å². The fourth-order valence-electron chi connectivity index (χ4n) is 2.35. The van der Waals surface area contributed by atoms with Gasteiger partial charge in [-0.1, -0.05) is 81.4 Å². The summed E-state index contributed by atoms with van der Waals surface area (Å²) in [7, 11) is -1.49. The first-order chi connectivity index (χ1) is 9.00. The van der Waals surface area contributed by atoms with Crippen molar-refractivity contribution in [2.75, 3.05) is 0 Å². The first kappa shape index (κ1) is 14.4. The Balaban J connectivity index is 2.46. The molecule has 0 spiro atoms. The highest BCUT2D eigenvalue weighted by Crippen LogP contribution is 2.41. The smallest absolute Gasteiger partial charge is 0.158 e. The molecular weight excluding hydrogens is 268 g/mol. The van der Waals surface area contributed by atoms with Gasteiger partial charge in [-0.05, 0) is 16.2 Å². The Labute approximate surface area is 122 Å². The lowest BCUT2D eigenvalue weighted by Crippen LogP contribution is -2.28. The van der Waals surface area contributed by atoms with Crippen LogP contribution in [0.15, 0.2) is 60.7 Å². The van der Waals surface area contributed by atoms with Crippen LogP contribution in [0, 0.1) is 0 Å². The third-order valence-corrected chi connectivity index (χ3v) is 9.17. The summed E-state index contributed by atoms with van der Waals surface area (Å²) in [6, 6.07) is 21.3. The summed E-state index contributed by atoms with van der Waals surface area (Å²) in [5, 5.41) is 0.192. The van der Waals surface area contributed by atoms with E-state index < -0.39 is 8.11 Å². The lowest BCUT2D eigenvalue weighted by molar-refractivity contribution is 0.734. The van der Waals surface area contributed by atoms with Crippen molar-refractivity contribution < 1.29 is 0 Å². The average Bonchev–Trinajstić information content (AvgIpc) is 2.40. The van der Waals surface area contributed by atoms with Gasteiger partial charge in [-0.15, -0.1) is 0 Å². The van der Waals surface area contributed by atoms with E-state index in [1.54, 1.807) is 0 Å². The molecule has 19 heavy (non-hydrogen) atoms. The fourth-order valence-corrected chi connectivity index (χ4v) is 5.34. The zero-order chi connectivity index (χ0) is 13.9. The Kier molecular flexibility index (Phi) is 4.49. The summed E-state index contributed by atoms with van der Waals surface area (Å²) in [5.41, 5.74) is 3.05. The molecule has 0 bridgehead atoms. The maximum atomic E-state index is 6.93. The van der Waals surface area contributed by atoms with Crippen molar-refractivity contribution in [1.29, 1.82) is 0 Å². The molecule has 2 aromatic carbocycles. The molecule has 0 aliphatic rings. The Bertz CT molecular complexity index is 462. The van der Waals surface area contributed by atoms with Crippen LogP contribution in [0.4, 0.5) is 0 Å².